The van der Waals surface area contributed by atoms with Gasteiger partial charge >= 0.3 is 17.9 Å². The number of carboxylic acids is 3. The van der Waals surface area contributed by atoms with E-state index in [1.54, 1.807) is 21.7 Å². The van der Waals surface area contributed by atoms with Crippen LogP contribution in [0.3, 0.4) is 0 Å². The number of aryl methyl sites for hydroxylation is 1. The first-order chi connectivity index (χ1) is 22.9. The second-order valence-electron chi connectivity index (χ2n) is 11.3. The summed E-state index contributed by atoms with van der Waals surface area (Å²) in [5, 5.41) is 33.3. The molecule has 1 fully saturated rings. The Bertz CT molecular complexity index is 1170. The highest BCUT2D eigenvalue weighted by atomic mass is 32.2. The Morgan fingerprint density at radius 2 is 1.12 bits per heavy atom. The SMILES string of the molecule is CNC(=O)CCc1ccc(SC(=O)CCOCCNC(=O)CN2CCN(CC(=O)O)CCN(CC(=O)O)CCN(CC(=O)O)CC2)cc1. The number of carboxylic acid groups (broad SMARTS) is 3. The molecule has 0 spiro atoms. The van der Waals surface area contributed by atoms with Crippen LogP contribution in [-0.2, 0) is 39.9 Å². The van der Waals surface area contributed by atoms with E-state index in [1.807, 2.05) is 29.2 Å². The van der Waals surface area contributed by atoms with Crippen molar-refractivity contribution >= 4 is 46.6 Å². The van der Waals surface area contributed by atoms with Crippen molar-refractivity contribution in [2.45, 2.75) is 24.2 Å². The van der Waals surface area contributed by atoms with Gasteiger partial charge in [0, 0.05) is 83.7 Å². The summed E-state index contributed by atoms with van der Waals surface area (Å²) in [5.41, 5.74) is 1.01. The monoisotopic (exact) mass is 696 g/mol. The van der Waals surface area contributed by atoms with Gasteiger partial charge in [-0.05, 0) is 24.1 Å². The number of carbonyl (C=O) groups is 6. The Morgan fingerprint density at radius 3 is 1.56 bits per heavy atom. The average molecular weight is 697 g/mol. The largest absolute Gasteiger partial charge is 0.480 e. The van der Waals surface area contributed by atoms with E-state index >= 15 is 0 Å². The predicted molar refractivity (Wildman–Crippen MR) is 177 cm³/mol. The Balaban J connectivity index is 1.79. The van der Waals surface area contributed by atoms with Crippen LogP contribution in [0.1, 0.15) is 18.4 Å². The lowest BCUT2D eigenvalue weighted by Crippen LogP contribution is -2.50. The van der Waals surface area contributed by atoms with E-state index in [0.29, 0.717) is 65.2 Å². The molecule has 0 radical (unpaired) electrons. The third-order valence-electron chi connectivity index (χ3n) is 7.47. The fourth-order valence-corrected chi connectivity index (χ4v) is 5.57. The third-order valence-corrected chi connectivity index (χ3v) is 8.41. The number of hydrogen-bond donors (Lipinski definition) is 5. The molecule has 5 N–H and O–H groups in total. The highest BCUT2D eigenvalue weighted by Gasteiger charge is 2.21. The van der Waals surface area contributed by atoms with Crippen molar-refractivity contribution in [1.82, 2.24) is 30.2 Å². The number of carbonyl (C=O) groups excluding carboxylic acids is 3. The fourth-order valence-electron chi connectivity index (χ4n) is 4.85. The molecule has 16 nitrogen and oxygen atoms in total. The van der Waals surface area contributed by atoms with Gasteiger partial charge in [-0.2, -0.15) is 0 Å². The van der Waals surface area contributed by atoms with Crippen LogP contribution in [0.4, 0.5) is 0 Å². The molecule has 17 heteroatoms. The number of nitrogens with zero attached hydrogens (tertiary/aromatic N) is 4. The molecule has 0 saturated carbocycles. The van der Waals surface area contributed by atoms with Gasteiger partial charge in [0.25, 0.3) is 0 Å². The lowest BCUT2D eigenvalue weighted by atomic mass is 10.1. The van der Waals surface area contributed by atoms with E-state index in [9.17, 15) is 44.1 Å². The van der Waals surface area contributed by atoms with Crippen LogP contribution in [0.2, 0.25) is 0 Å². The molecule has 1 saturated heterocycles. The van der Waals surface area contributed by atoms with E-state index in [1.165, 1.54) is 0 Å². The number of benzene rings is 1. The summed E-state index contributed by atoms with van der Waals surface area (Å²) in [5.74, 6) is -3.37. The summed E-state index contributed by atoms with van der Waals surface area (Å²) in [6, 6.07) is 7.48. The minimum absolute atomic E-state index is 0.00663. The summed E-state index contributed by atoms with van der Waals surface area (Å²) < 4.78 is 5.53. The molecule has 2 rings (SSSR count). The molecule has 0 aromatic heterocycles. The van der Waals surface area contributed by atoms with Crippen LogP contribution < -0.4 is 10.6 Å². The maximum atomic E-state index is 12.7. The molecule has 1 heterocycles. The Labute approximate surface area is 284 Å². The Morgan fingerprint density at radius 1 is 0.667 bits per heavy atom. The summed E-state index contributed by atoms with van der Waals surface area (Å²) in [7, 11) is 1.60. The number of nitrogens with one attached hydrogen (secondary N) is 2. The van der Waals surface area contributed by atoms with Crippen molar-refractivity contribution < 1.29 is 48.8 Å². The Hall–Kier alpha value is -3.61. The molecule has 0 unspecified atom stereocenters. The van der Waals surface area contributed by atoms with Crippen LogP contribution in [0.5, 0.6) is 0 Å². The van der Waals surface area contributed by atoms with Gasteiger partial charge in [-0.25, -0.2) is 0 Å². The maximum absolute atomic E-state index is 12.7. The van der Waals surface area contributed by atoms with Crippen molar-refractivity contribution in [3.63, 3.8) is 0 Å². The van der Waals surface area contributed by atoms with Crippen molar-refractivity contribution in [3.8, 4) is 0 Å². The second kappa shape index (κ2) is 22.9. The molecule has 48 heavy (non-hydrogen) atoms. The first-order valence-corrected chi connectivity index (χ1v) is 16.6. The van der Waals surface area contributed by atoms with Crippen molar-refractivity contribution in [2.24, 2.45) is 0 Å². The summed E-state index contributed by atoms with van der Waals surface area (Å²) in [6.45, 7) is 2.40. The normalized spacial score (nSPS) is 15.9. The van der Waals surface area contributed by atoms with Crippen molar-refractivity contribution in [3.05, 3.63) is 29.8 Å². The molecular weight excluding hydrogens is 648 g/mol. The quantitative estimate of drug-likeness (QED) is 0.0920. The molecule has 2 amide bonds. The van der Waals surface area contributed by atoms with E-state index in [-0.39, 0.29) is 69.3 Å². The molecule has 1 aromatic carbocycles. The van der Waals surface area contributed by atoms with Crippen LogP contribution in [0, 0.1) is 0 Å². The number of thioether (sulfide) groups is 1. The van der Waals surface area contributed by atoms with Gasteiger partial charge in [-0.15, -0.1) is 0 Å². The van der Waals surface area contributed by atoms with Gasteiger partial charge in [0.2, 0.25) is 11.8 Å². The number of ether oxygens (including phenoxy) is 1. The van der Waals surface area contributed by atoms with Gasteiger partial charge < -0.3 is 30.7 Å². The molecule has 0 bridgehead atoms. The number of aliphatic carboxylic acids is 3. The molecule has 0 aliphatic carbocycles. The highest BCUT2D eigenvalue weighted by Crippen LogP contribution is 2.21. The molecule has 1 aliphatic heterocycles. The number of hydrogen-bond acceptors (Lipinski definition) is 12. The fraction of sp³-hybridized carbons (Fsp3) is 0.613. The van der Waals surface area contributed by atoms with Gasteiger partial charge in [0.1, 0.15) is 0 Å². The first-order valence-electron chi connectivity index (χ1n) is 15.8. The molecule has 268 valence electrons. The van der Waals surface area contributed by atoms with Gasteiger partial charge in [-0.1, -0.05) is 23.9 Å². The first kappa shape index (κ1) is 40.6. The van der Waals surface area contributed by atoms with Gasteiger partial charge in [-0.3, -0.25) is 48.4 Å². The zero-order valence-electron chi connectivity index (χ0n) is 27.4. The minimum atomic E-state index is -1.03. The van der Waals surface area contributed by atoms with E-state index in [2.05, 4.69) is 10.6 Å². The summed E-state index contributed by atoms with van der Waals surface area (Å²) >= 11 is 1.12. The minimum Gasteiger partial charge on any atom is -0.480 e. The van der Waals surface area contributed by atoms with Crippen molar-refractivity contribution in [2.75, 3.05) is 105 Å². The summed E-state index contributed by atoms with van der Waals surface area (Å²) in [4.78, 5) is 78.4. The molecular formula is C31H48N6O10S. The highest BCUT2D eigenvalue weighted by molar-refractivity contribution is 8.13. The standard InChI is InChI=1S/C31H48N6O10S/c1-32-26(38)7-4-24-2-5-25(6-3-24)48-31(46)8-18-47-19-9-33-27(39)20-34-10-12-35(21-28(40)41)14-16-37(23-30(44)45)17-15-36(13-11-34)22-29(42)43/h2-3,5-6H,4,7-23H2,1H3,(H,32,38)(H,33,39)(H,40,41)(H,42,43)(H,44,45). The third kappa shape index (κ3) is 18.7. The van der Waals surface area contributed by atoms with E-state index in [4.69, 9.17) is 4.74 Å². The van der Waals surface area contributed by atoms with Crippen LogP contribution in [0.25, 0.3) is 0 Å². The van der Waals surface area contributed by atoms with Gasteiger partial charge in [0.15, 0.2) is 5.12 Å². The molecule has 1 aromatic rings. The smallest absolute Gasteiger partial charge is 0.317 e. The van der Waals surface area contributed by atoms with Gasteiger partial charge in [0.05, 0.1) is 39.4 Å². The zero-order valence-corrected chi connectivity index (χ0v) is 28.3. The van der Waals surface area contributed by atoms with Crippen LogP contribution >= 0.6 is 11.8 Å². The predicted octanol–water partition coefficient (Wildman–Crippen LogP) is -1.02. The summed E-state index contributed by atoms with van der Waals surface area (Å²) in [6.07, 6.45) is 1.21. The number of rotatable bonds is 18. The molecule has 1 aliphatic rings. The topological polar surface area (TPSA) is 209 Å². The lowest BCUT2D eigenvalue weighted by molar-refractivity contribution is -0.140. The Kier molecular flexibility index (Phi) is 19.3. The zero-order chi connectivity index (χ0) is 35.3. The van der Waals surface area contributed by atoms with Crippen molar-refractivity contribution in [1.29, 1.82) is 0 Å². The van der Waals surface area contributed by atoms with Crippen LogP contribution in [0.15, 0.2) is 29.2 Å². The lowest BCUT2D eigenvalue weighted by Gasteiger charge is -2.32. The average Bonchev–Trinajstić information content (AvgIpc) is 3.02. The van der Waals surface area contributed by atoms with Crippen LogP contribution in [-0.4, -0.2) is 175 Å². The second-order valence-corrected chi connectivity index (χ2v) is 12.4. The number of amides is 2. The van der Waals surface area contributed by atoms with E-state index < -0.39 is 17.9 Å². The maximum Gasteiger partial charge on any atom is 0.317 e. The van der Waals surface area contributed by atoms with E-state index in [0.717, 1.165) is 22.2 Å². The molecule has 0 atom stereocenters.